The first-order valence-corrected chi connectivity index (χ1v) is 7.48. The van der Waals surface area contributed by atoms with E-state index in [2.05, 4.69) is 15.5 Å². The summed E-state index contributed by atoms with van der Waals surface area (Å²) in [6.07, 6.45) is 2.75. The van der Waals surface area contributed by atoms with Crippen LogP contribution in [-0.4, -0.2) is 27.0 Å². The Morgan fingerprint density at radius 2 is 2.29 bits per heavy atom. The van der Waals surface area contributed by atoms with Crippen LogP contribution < -0.4 is 11.1 Å². The molecule has 0 bridgehead atoms. The second-order valence-corrected chi connectivity index (χ2v) is 5.63. The average molecular weight is 301 g/mol. The van der Waals surface area contributed by atoms with Gasteiger partial charge >= 0.3 is 0 Å². The molecule has 0 aliphatic carbocycles. The smallest absolute Gasteiger partial charge is 0.249 e. The molecule has 3 aromatic heterocycles. The number of hydrogen-bond acceptors (Lipinski definition) is 5. The van der Waals surface area contributed by atoms with Gasteiger partial charge in [0.2, 0.25) is 5.91 Å². The lowest BCUT2D eigenvalue weighted by atomic mass is 10.3. The molecule has 0 fully saturated rings. The van der Waals surface area contributed by atoms with Gasteiger partial charge in [0, 0.05) is 36.0 Å². The highest BCUT2D eigenvalue weighted by Crippen LogP contribution is 2.13. The fourth-order valence-corrected chi connectivity index (χ4v) is 2.92. The number of pyridine rings is 1. The molecule has 0 atom stereocenters. The lowest BCUT2D eigenvalue weighted by molar-refractivity contribution is 0.100. The predicted molar refractivity (Wildman–Crippen MR) is 81.2 cm³/mol. The molecule has 6 nitrogen and oxygen atoms in total. The Labute approximate surface area is 125 Å². The number of nitrogens with two attached hydrogens (primary N) is 1. The first-order valence-electron chi connectivity index (χ1n) is 6.60. The van der Waals surface area contributed by atoms with E-state index >= 15 is 0 Å². The fraction of sp³-hybridized carbons (Fsp3) is 0.214. The third-order valence-electron chi connectivity index (χ3n) is 3.15. The zero-order valence-electron chi connectivity index (χ0n) is 11.3. The summed E-state index contributed by atoms with van der Waals surface area (Å²) in [5.74, 6) is 0.550. The van der Waals surface area contributed by atoms with Gasteiger partial charge in [0.15, 0.2) is 5.65 Å². The quantitative estimate of drug-likeness (QED) is 0.670. The monoisotopic (exact) mass is 301 g/mol. The minimum Gasteiger partial charge on any atom is -0.366 e. The van der Waals surface area contributed by atoms with E-state index in [9.17, 15) is 4.79 Å². The van der Waals surface area contributed by atoms with Gasteiger partial charge in [0.25, 0.3) is 0 Å². The zero-order chi connectivity index (χ0) is 14.7. The molecular weight excluding hydrogens is 286 g/mol. The van der Waals surface area contributed by atoms with Crippen LogP contribution in [0, 0.1) is 0 Å². The number of rotatable bonds is 6. The van der Waals surface area contributed by atoms with Gasteiger partial charge in [-0.25, -0.2) is 0 Å². The van der Waals surface area contributed by atoms with Crippen LogP contribution in [0.4, 0.5) is 0 Å². The average Bonchev–Trinajstić information content (AvgIpc) is 3.11. The van der Waals surface area contributed by atoms with Crippen molar-refractivity contribution in [3.05, 3.63) is 52.1 Å². The Morgan fingerprint density at radius 1 is 1.38 bits per heavy atom. The van der Waals surface area contributed by atoms with E-state index < -0.39 is 0 Å². The fourth-order valence-electron chi connectivity index (χ4n) is 2.08. The number of nitrogens with zero attached hydrogens (tertiary/aromatic N) is 3. The van der Waals surface area contributed by atoms with Crippen molar-refractivity contribution >= 4 is 22.9 Å². The molecular formula is C14H15N5OS. The minimum atomic E-state index is -0.382. The standard InChI is InChI=1S/C14H15N5OS/c15-14(20)10-7-11(21-9-10)8-16-5-4-13-18-17-12-3-1-2-6-19(12)13/h1-3,6-7,9,16H,4-5,8H2,(H2,15,20). The topological polar surface area (TPSA) is 85.3 Å². The third-order valence-corrected chi connectivity index (χ3v) is 4.08. The summed E-state index contributed by atoms with van der Waals surface area (Å²) in [6, 6.07) is 7.66. The second kappa shape index (κ2) is 6.02. The molecule has 3 N–H and O–H groups in total. The lowest BCUT2D eigenvalue weighted by Crippen LogP contribution is -2.17. The molecule has 0 saturated carbocycles. The Balaban J connectivity index is 1.53. The first-order chi connectivity index (χ1) is 10.2. The summed E-state index contributed by atoms with van der Waals surface area (Å²) >= 11 is 1.53. The number of primary amides is 1. The van der Waals surface area contributed by atoms with Crippen LogP contribution in [0.2, 0.25) is 0 Å². The van der Waals surface area contributed by atoms with Gasteiger partial charge < -0.3 is 11.1 Å². The minimum absolute atomic E-state index is 0.382. The summed E-state index contributed by atoms with van der Waals surface area (Å²) in [6.45, 7) is 1.51. The van der Waals surface area contributed by atoms with Crippen LogP contribution in [0.25, 0.3) is 5.65 Å². The summed E-state index contributed by atoms with van der Waals surface area (Å²) in [5, 5.41) is 13.4. The van der Waals surface area contributed by atoms with Gasteiger partial charge in [-0.2, -0.15) is 0 Å². The maximum atomic E-state index is 11.0. The Hall–Kier alpha value is -2.25. The van der Waals surface area contributed by atoms with Crippen LogP contribution >= 0.6 is 11.3 Å². The van der Waals surface area contributed by atoms with Gasteiger partial charge in [-0.1, -0.05) is 6.07 Å². The molecule has 21 heavy (non-hydrogen) atoms. The van der Waals surface area contributed by atoms with Crippen LogP contribution in [-0.2, 0) is 13.0 Å². The van der Waals surface area contributed by atoms with Crippen molar-refractivity contribution in [2.45, 2.75) is 13.0 Å². The zero-order valence-corrected chi connectivity index (χ0v) is 12.1. The number of hydrogen-bond donors (Lipinski definition) is 2. The van der Waals surface area contributed by atoms with Crippen molar-refractivity contribution in [3.8, 4) is 0 Å². The molecule has 0 aliphatic rings. The second-order valence-electron chi connectivity index (χ2n) is 4.64. The third kappa shape index (κ3) is 3.09. The maximum absolute atomic E-state index is 11.0. The van der Waals surface area contributed by atoms with Gasteiger partial charge in [0.1, 0.15) is 5.82 Å². The highest BCUT2D eigenvalue weighted by atomic mass is 32.1. The number of carbonyl (C=O) groups is 1. The highest BCUT2D eigenvalue weighted by molar-refractivity contribution is 7.10. The molecule has 0 radical (unpaired) electrons. The van der Waals surface area contributed by atoms with Gasteiger partial charge in [-0.05, 0) is 18.2 Å². The molecule has 3 rings (SSSR count). The summed E-state index contributed by atoms with van der Waals surface area (Å²) < 4.78 is 1.98. The van der Waals surface area contributed by atoms with Crippen molar-refractivity contribution in [1.29, 1.82) is 0 Å². The lowest BCUT2D eigenvalue weighted by Gasteiger charge is -2.02. The van der Waals surface area contributed by atoms with E-state index in [-0.39, 0.29) is 5.91 Å². The van der Waals surface area contributed by atoms with Crippen molar-refractivity contribution in [3.63, 3.8) is 0 Å². The largest absolute Gasteiger partial charge is 0.366 e. The van der Waals surface area contributed by atoms with Gasteiger partial charge in [-0.3, -0.25) is 9.20 Å². The number of aromatic nitrogens is 3. The maximum Gasteiger partial charge on any atom is 0.249 e. The molecule has 108 valence electrons. The number of carbonyl (C=O) groups excluding carboxylic acids is 1. The summed E-state index contributed by atoms with van der Waals surface area (Å²) in [5.41, 5.74) is 6.66. The highest BCUT2D eigenvalue weighted by Gasteiger charge is 2.06. The Morgan fingerprint density at radius 3 is 3.10 bits per heavy atom. The van der Waals surface area contributed by atoms with E-state index in [0.29, 0.717) is 12.1 Å². The van der Waals surface area contributed by atoms with Crippen LogP contribution in [0.1, 0.15) is 21.1 Å². The molecule has 0 unspecified atom stereocenters. The molecule has 7 heteroatoms. The van der Waals surface area contributed by atoms with Crippen molar-refractivity contribution in [2.24, 2.45) is 5.73 Å². The molecule has 0 spiro atoms. The van der Waals surface area contributed by atoms with E-state index in [1.807, 2.05) is 34.9 Å². The number of amides is 1. The number of nitrogens with one attached hydrogen (secondary N) is 1. The number of thiophene rings is 1. The van der Waals surface area contributed by atoms with Crippen molar-refractivity contribution < 1.29 is 4.79 Å². The van der Waals surface area contributed by atoms with E-state index in [1.165, 1.54) is 11.3 Å². The van der Waals surface area contributed by atoms with Gasteiger partial charge in [0.05, 0.1) is 5.56 Å². The molecule has 0 aromatic carbocycles. The van der Waals surface area contributed by atoms with Crippen molar-refractivity contribution in [2.75, 3.05) is 6.54 Å². The molecule has 3 aromatic rings. The molecule has 3 heterocycles. The SMILES string of the molecule is NC(=O)c1csc(CNCCc2nnc3ccccn23)c1. The first kappa shape index (κ1) is 13.7. The van der Waals surface area contributed by atoms with E-state index in [4.69, 9.17) is 5.73 Å². The van der Waals surface area contributed by atoms with Crippen LogP contribution in [0.15, 0.2) is 35.8 Å². The molecule has 0 saturated heterocycles. The molecule has 1 amide bonds. The van der Waals surface area contributed by atoms with Gasteiger partial charge in [-0.15, -0.1) is 21.5 Å². The normalized spacial score (nSPS) is 11.0. The van der Waals surface area contributed by atoms with Crippen LogP contribution in [0.3, 0.4) is 0 Å². The van der Waals surface area contributed by atoms with Crippen molar-refractivity contribution in [1.82, 2.24) is 19.9 Å². The Kier molecular flexibility index (Phi) is 3.94. The molecule has 0 aliphatic heterocycles. The van der Waals surface area contributed by atoms with E-state index in [1.54, 1.807) is 5.38 Å². The number of fused-ring (bicyclic) bond motifs is 1. The van der Waals surface area contributed by atoms with Crippen LogP contribution in [0.5, 0.6) is 0 Å². The predicted octanol–water partition coefficient (Wildman–Crippen LogP) is 1.22. The van der Waals surface area contributed by atoms with E-state index in [0.717, 1.165) is 29.3 Å². The Bertz CT molecular complexity index is 763. The summed E-state index contributed by atoms with van der Waals surface area (Å²) in [7, 11) is 0. The summed E-state index contributed by atoms with van der Waals surface area (Å²) in [4.78, 5) is 12.1.